The number of nitrogens with zero attached hydrogens (tertiary/aromatic N) is 1. The Morgan fingerprint density at radius 3 is 2.65 bits per heavy atom. The van der Waals surface area contributed by atoms with Crippen LogP contribution in [0.5, 0.6) is 5.75 Å². The van der Waals surface area contributed by atoms with Gasteiger partial charge < -0.3 is 21.3 Å². The van der Waals surface area contributed by atoms with Crippen molar-refractivity contribution in [1.82, 2.24) is 4.98 Å². The monoisotopic (exact) mass is 235 g/mol. The lowest BCUT2D eigenvalue weighted by Crippen LogP contribution is -2.03. The highest BCUT2D eigenvalue weighted by Crippen LogP contribution is 2.23. The lowest BCUT2D eigenvalue weighted by Gasteiger charge is -2.03. The summed E-state index contributed by atoms with van der Waals surface area (Å²) in [7, 11) is 1.63. The van der Waals surface area contributed by atoms with Crippen molar-refractivity contribution in [2.75, 3.05) is 12.8 Å². The van der Waals surface area contributed by atoms with E-state index in [9.17, 15) is 0 Å². The van der Waals surface area contributed by atoms with Gasteiger partial charge in [0.25, 0.3) is 0 Å². The van der Waals surface area contributed by atoms with E-state index in [1.807, 2.05) is 18.2 Å². The second-order valence-electron chi connectivity index (χ2n) is 3.12. The van der Waals surface area contributed by atoms with Gasteiger partial charge in [0.05, 0.1) is 12.6 Å². The van der Waals surface area contributed by atoms with Gasteiger partial charge in [0.2, 0.25) is 0 Å². The number of ether oxygens (including phenoxy) is 1. The number of methoxy groups -OCH3 is 1. The Labute approximate surface area is 97.8 Å². The molecule has 0 saturated carbocycles. The van der Waals surface area contributed by atoms with E-state index in [0.717, 1.165) is 22.3 Å². The van der Waals surface area contributed by atoms with Gasteiger partial charge in [-0.1, -0.05) is 0 Å². The van der Waals surface area contributed by atoms with Gasteiger partial charge in [-0.2, -0.15) is 0 Å². The molecule has 1 aromatic carbocycles. The van der Waals surface area contributed by atoms with Crippen LogP contribution in [-0.2, 0) is 0 Å². The summed E-state index contributed by atoms with van der Waals surface area (Å²) in [5.74, 6) is 0.798. The number of primary amides is 1. The Balaban J connectivity index is 0.000000317. The number of nitrogen functional groups attached to an aromatic ring is 1. The minimum atomic E-state index is -1.33. The lowest BCUT2D eigenvalue weighted by molar-refractivity contribution is 0.205. The van der Waals surface area contributed by atoms with E-state index in [0.29, 0.717) is 0 Å². The zero-order valence-electron chi connectivity index (χ0n) is 9.25. The van der Waals surface area contributed by atoms with Crippen LogP contribution in [0, 0.1) is 0 Å². The highest BCUT2D eigenvalue weighted by molar-refractivity contribution is 5.90. The van der Waals surface area contributed by atoms with Gasteiger partial charge in [-0.15, -0.1) is 0 Å². The number of hydrogen-bond donors (Lipinski definition) is 3. The lowest BCUT2D eigenvalue weighted by atomic mass is 10.2. The Morgan fingerprint density at radius 1 is 1.41 bits per heavy atom. The maximum atomic E-state index is 8.78. The normalized spacial score (nSPS) is 9.24. The SMILES string of the molecule is COc1ccc2nccc(N)c2c1.NC(=O)O. The van der Waals surface area contributed by atoms with Crippen LogP contribution in [-0.4, -0.2) is 23.3 Å². The highest BCUT2D eigenvalue weighted by Gasteiger charge is 1.99. The quantitative estimate of drug-likeness (QED) is 0.692. The minimum absolute atomic E-state index is 0.726. The van der Waals surface area contributed by atoms with E-state index in [4.69, 9.17) is 20.4 Å². The van der Waals surface area contributed by atoms with Crippen molar-refractivity contribution in [2.45, 2.75) is 0 Å². The molecule has 2 rings (SSSR count). The van der Waals surface area contributed by atoms with E-state index in [1.165, 1.54) is 0 Å². The molecule has 0 aliphatic heterocycles. The van der Waals surface area contributed by atoms with Crippen molar-refractivity contribution in [3.8, 4) is 5.75 Å². The number of rotatable bonds is 1. The molecule has 0 unspecified atom stereocenters. The van der Waals surface area contributed by atoms with Crippen LogP contribution >= 0.6 is 0 Å². The molecular weight excluding hydrogens is 222 g/mol. The summed E-state index contributed by atoms with van der Waals surface area (Å²) in [6, 6.07) is 7.43. The fourth-order valence-corrected chi connectivity index (χ4v) is 1.27. The summed E-state index contributed by atoms with van der Waals surface area (Å²) in [6.45, 7) is 0. The molecule has 0 spiro atoms. The van der Waals surface area contributed by atoms with Gasteiger partial charge in [-0.25, -0.2) is 4.79 Å². The van der Waals surface area contributed by atoms with E-state index >= 15 is 0 Å². The number of anilines is 1. The van der Waals surface area contributed by atoms with E-state index in [1.54, 1.807) is 19.4 Å². The number of nitrogens with two attached hydrogens (primary N) is 2. The van der Waals surface area contributed by atoms with Crippen molar-refractivity contribution in [3.05, 3.63) is 30.5 Å². The van der Waals surface area contributed by atoms with Crippen LogP contribution in [0.1, 0.15) is 0 Å². The zero-order chi connectivity index (χ0) is 12.8. The molecule has 2 aromatic rings. The molecule has 17 heavy (non-hydrogen) atoms. The summed E-state index contributed by atoms with van der Waals surface area (Å²) < 4.78 is 5.09. The van der Waals surface area contributed by atoms with Gasteiger partial charge in [-0.3, -0.25) is 4.98 Å². The molecular formula is C11H13N3O3. The third-order valence-electron chi connectivity index (χ3n) is 1.98. The van der Waals surface area contributed by atoms with Gasteiger partial charge in [-0.05, 0) is 24.3 Å². The van der Waals surface area contributed by atoms with Crippen LogP contribution in [0.15, 0.2) is 30.5 Å². The fourth-order valence-electron chi connectivity index (χ4n) is 1.27. The summed E-state index contributed by atoms with van der Waals surface area (Å²) in [5.41, 5.74) is 11.4. The standard InChI is InChI=1S/C10H10N2O.CH3NO2/c1-13-7-2-3-10-8(6-7)9(11)4-5-12-10;2-1(3)4/h2-6H,1H3,(H2,11,12);2H2,(H,3,4). The molecule has 6 heteroatoms. The van der Waals surface area contributed by atoms with Crippen LogP contribution in [0.4, 0.5) is 10.5 Å². The van der Waals surface area contributed by atoms with Crippen molar-refractivity contribution in [1.29, 1.82) is 0 Å². The molecule has 1 heterocycles. The predicted octanol–water partition coefficient (Wildman–Crippen LogP) is 1.45. The molecule has 0 bridgehead atoms. The summed E-state index contributed by atoms with van der Waals surface area (Å²) in [4.78, 5) is 13.0. The van der Waals surface area contributed by atoms with Crippen LogP contribution in [0.2, 0.25) is 0 Å². The molecule has 5 N–H and O–H groups in total. The molecule has 0 fully saturated rings. The number of aromatic nitrogens is 1. The first kappa shape index (κ1) is 12.6. The second kappa shape index (κ2) is 5.55. The van der Waals surface area contributed by atoms with Crippen molar-refractivity contribution < 1.29 is 14.6 Å². The molecule has 0 saturated heterocycles. The molecule has 1 aromatic heterocycles. The maximum Gasteiger partial charge on any atom is 0.402 e. The predicted molar refractivity (Wildman–Crippen MR) is 64.9 cm³/mol. The summed E-state index contributed by atoms with van der Waals surface area (Å²) in [6.07, 6.45) is 0.365. The van der Waals surface area contributed by atoms with Crippen LogP contribution < -0.4 is 16.2 Å². The Morgan fingerprint density at radius 2 is 2.06 bits per heavy atom. The number of pyridine rings is 1. The first-order chi connectivity index (χ1) is 8.04. The molecule has 0 radical (unpaired) electrons. The fraction of sp³-hybridized carbons (Fsp3) is 0.0909. The Hall–Kier alpha value is -2.50. The zero-order valence-corrected chi connectivity index (χ0v) is 9.25. The van der Waals surface area contributed by atoms with Crippen molar-refractivity contribution in [2.24, 2.45) is 5.73 Å². The average molecular weight is 235 g/mol. The van der Waals surface area contributed by atoms with Crippen LogP contribution in [0.3, 0.4) is 0 Å². The molecule has 0 atom stereocenters. The topological polar surface area (TPSA) is 111 Å². The number of amides is 1. The number of carbonyl (C=O) groups is 1. The smallest absolute Gasteiger partial charge is 0.402 e. The van der Waals surface area contributed by atoms with E-state index in [2.05, 4.69) is 10.7 Å². The van der Waals surface area contributed by atoms with Gasteiger partial charge in [0.15, 0.2) is 0 Å². The van der Waals surface area contributed by atoms with Gasteiger partial charge in [0.1, 0.15) is 5.75 Å². The van der Waals surface area contributed by atoms with Crippen LogP contribution in [0.25, 0.3) is 10.9 Å². The second-order valence-corrected chi connectivity index (χ2v) is 3.12. The Bertz CT molecular complexity index is 524. The van der Waals surface area contributed by atoms with E-state index in [-0.39, 0.29) is 0 Å². The van der Waals surface area contributed by atoms with Crippen molar-refractivity contribution >= 4 is 22.7 Å². The third kappa shape index (κ3) is 3.53. The number of benzene rings is 1. The molecule has 0 aliphatic carbocycles. The number of fused-ring (bicyclic) bond motifs is 1. The Kier molecular flexibility index (Phi) is 4.10. The average Bonchev–Trinajstić information content (AvgIpc) is 2.28. The first-order valence-corrected chi connectivity index (χ1v) is 4.71. The summed E-state index contributed by atoms with van der Waals surface area (Å²) >= 11 is 0. The number of carboxylic acid groups (broad SMARTS) is 1. The molecule has 0 aliphatic rings. The maximum absolute atomic E-state index is 8.78. The number of hydrogen-bond acceptors (Lipinski definition) is 4. The minimum Gasteiger partial charge on any atom is -0.497 e. The first-order valence-electron chi connectivity index (χ1n) is 4.71. The van der Waals surface area contributed by atoms with E-state index < -0.39 is 6.09 Å². The third-order valence-corrected chi connectivity index (χ3v) is 1.98. The van der Waals surface area contributed by atoms with Gasteiger partial charge >= 0.3 is 6.09 Å². The highest BCUT2D eigenvalue weighted by atomic mass is 16.5. The molecule has 90 valence electrons. The summed E-state index contributed by atoms with van der Waals surface area (Å²) in [5, 5.41) is 8.13. The molecule has 1 amide bonds. The largest absolute Gasteiger partial charge is 0.497 e. The molecule has 6 nitrogen and oxygen atoms in total. The van der Waals surface area contributed by atoms with Gasteiger partial charge in [0, 0.05) is 17.3 Å². The van der Waals surface area contributed by atoms with Crippen molar-refractivity contribution in [3.63, 3.8) is 0 Å².